The van der Waals surface area contributed by atoms with Crippen molar-refractivity contribution in [3.63, 3.8) is 0 Å². The van der Waals surface area contributed by atoms with Crippen LogP contribution in [0, 0.1) is 6.92 Å². The Morgan fingerprint density at radius 1 is 1.19 bits per heavy atom. The van der Waals surface area contributed by atoms with Gasteiger partial charge in [0.05, 0.1) is 0 Å². The molecule has 1 N–H and O–H groups in total. The Morgan fingerprint density at radius 3 is 2.76 bits per heavy atom. The number of hydrogen-bond donors (Lipinski definition) is 1. The highest BCUT2D eigenvalue weighted by Gasteiger charge is 2.29. The van der Waals surface area contributed by atoms with E-state index in [1.807, 2.05) is 0 Å². The molecule has 21 heavy (non-hydrogen) atoms. The van der Waals surface area contributed by atoms with Gasteiger partial charge < -0.3 is 10.1 Å². The topological polar surface area (TPSA) is 21.3 Å². The van der Waals surface area contributed by atoms with Crippen LogP contribution in [0.2, 0.25) is 0 Å². The Kier molecular flexibility index (Phi) is 3.70. The molecule has 110 valence electrons. The van der Waals surface area contributed by atoms with Crippen LogP contribution in [-0.4, -0.2) is 5.60 Å². The molecule has 1 aliphatic heterocycles. The van der Waals surface area contributed by atoms with Crippen LogP contribution in [0.1, 0.15) is 30.5 Å². The lowest BCUT2D eigenvalue weighted by atomic mass is 10.0. The summed E-state index contributed by atoms with van der Waals surface area (Å²) in [5, 5.41) is 3.48. The van der Waals surface area contributed by atoms with Crippen molar-refractivity contribution in [1.29, 1.82) is 0 Å². The first kappa shape index (κ1) is 14.5. The van der Waals surface area contributed by atoms with Crippen LogP contribution in [0.5, 0.6) is 5.75 Å². The molecule has 0 aliphatic carbocycles. The lowest BCUT2D eigenvalue weighted by Crippen LogP contribution is -2.24. The lowest BCUT2D eigenvalue weighted by molar-refractivity contribution is 0.138. The number of fused-ring (bicyclic) bond motifs is 1. The minimum Gasteiger partial charge on any atom is -0.487 e. The average molecular weight is 346 g/mol. The molecule has 0 bridgehead atoms. The summed E-state index contributed by atoms with van der Waals surface area (Å²) in [7, 11) is 0. The van der Waals surface area contributed by atoms with E-state index < -0.39 is 0 Å². The Hall–Kier alpha value is -1.48. The molecule has 2 nitrogen and oxygen atoms in total. The van der Waals surface area contributed by atoms with Crippen molar-refractivity contribution in [3.05, 3.63) is 57.6 Å². The average Bonchev–Trinajstić information content (AvgIpc) is 2.70. The third-order valence-corrected chi connectivity index (χ3v) is 4.39. The number of nitrogens with one attached hydrogen (secondary N) is 1. The van der Waals surface area contributed by atoms with Gasteiger partial charge in [-0.2, -0.15) is 0 Å². The molecule has 0 atom stereocenters. The summed E-state index contributed by atoms with van der Waals surface area (Å²) in [4.78, 5) is 0. The molecule has 0 saturated heterocycles. The van der Waals surface area contributed by atoms with Gasteiger partial charge in [0, 0.05) is 23.1 Å². The summed E-state index contributed by atoms with van der Waals surface area (Å²) in [6.45, 7) is 7.18. The zero-order valence-corrected chi connectivity index (χ0v) is 14.3. The van der Waals surface area contributed by atoms with Gasteiger partial charge in [0.2, 0.25) is 0 Å². The van der Waals surface area contributed by atoms with E-state index in [2.05, 4.69) is 78.4 Å². The van der Waals surface area contributed by atoms with Crippen LogP contribution in [0.4, 0.5) is 5.69 Å². The standard InChI is InChI=1S/C18H20BrNO/c1-12-4-6-16(15(19)8-12)20-11-13-5-7-17-14(9-13)10-18(2,3)21-17/h4-9,20H,10-11H2,1-3H3. The van der Waals surface area contributed by atoms with Crippen LogP contribution < -0.4 is 10.1 Å². The zero-order chi connectivity index (χ0) is 15.0. The van der Waals surface area contributed by atoms with E-state index in [-0.39, 0.29) is 5.60 Å². The quantitative estimate of drug-likeness (QED) is 0.837. The Morgan fingerprint density at radius 2 is 2.00 bits per heavy atom. The molecule has 0 amide bonds. The summed E-state index contributed by atoms with van der Waals surface area (Å²) in [6.07, 6.45) is 0.977. The number of hydrogen-bond acceptors (Lipinski definition) is 2. The Bertz CT molecular complexity index is 679. The zero-order valence-electron chi connectivity index (χ0n) is 12.7. The number of halogens is 1. The highest BCUT2D eigenvalue weighted by atomic mass is 79.9. The van der Waals surface area contributed by atoms with E-state index in [1.54, 1.807) is 0 Å². The minimum atomic E-state index is -0.0750. The van der Waals surface area contributed by atoms with Crippen molar-refractivity contribution < 1.29 is 4.74 Å². The number of benzene rings is 2. The van der Waals surface area contributed by atoms with E-state index in [0.717, 1.165) is 28.9 Å². The fourth-order valence-corrected chi connectivity index (χ4v) is 3.37. The smallest absolute Gasteiger partial charge is 0.123 e. The van der Waals surface area contributed by atoms with Crippen LogP contribution in [0.25, 0.3) is 0 Å². The van der Waals surface area contributed by atoms with Crippen molar-refractivity contribution in [2.45, 2.75) is 39.3 Å². The minimum absolute atomic E-state index is 0.0750. The highest BCUT2D eigenvalue weighted by Crippen LogP contribution is 2.35. The molecule has 0 spiro atoms. The maximum Gasteiger partial charge on any atom is 0.123 e. The van der Waals surface area contributed by atoms with Crippen LogP contribution in [-0.2, 0) is 13.0 Å². The molecule has 2 aromatic carbocycles. The van der Waals surface area contributed by atoms with Crippen molar-refractivity contribution in [3.8, 4) is 5.75 Å². The fourth-order valence-electron chi connectivity index (χ4n) is 2.73. The van der Waals surface area contributed by atoms with Gasteiger partial charge in [-0.3, -0.25) is 0 Å². The second-order valence-electron chi connectivity index (χ2n) is 6.32. The molecule has 0 aromatic heterocycles. The van der Waals surface area contributed by atoms with E-state index in [1.165, 1.54) is 16.7 Å². The molecule has 0 unspecified atom stereocenters. The van der Waals surface area contributed by atoms with E-state index in [4.69, 9.17) is 4.74 Å². The van der Waals surface area contributed by atoms with Gasteiger partial charge in [-0.15, -0.1) is 0 Å². The third kappa shape index (κ3) is 3.24. The van der Waals surface area contributed by atoms with Crippen molar-refractivity contribution in [1.82, 2.24) is 0 Å². The van der Waals surface area contributed by atoms with E-state index >= 15 is 0 Å². The van der Waals surface area contributed by atoms with Gasteiger partial charge in [0.15, 0.2) is 0 Å². The molecule has 1 aliphatic rings. The maximum absolute atomic E-state index is 5.92. The normalized spacial score (nSPS) is 15.4. The van der Waals surface area contributed by atoms with Crippen LogP contribution in [0.15, 0.2) is 40.9 Å². The number of rotatable bonds is 3. The Balaban J connectivity index is 1.72. The Labute approximate surface area is 134 Å². The second-order valence-corrected chi connectivity index (χ2v) is 7.17. The molecule has 0 fully saturated rings. The van der Waals surface area contributed by atoms with E-state index in [9.17, 15) is 0 Å². The SMILES string of the molecule is Cc1ccc(NCc2ccc3c(c2)CC(C)(C)O3)c(Br)c1. The molecule has 0 saturated carbocycles. The largest absolute Gasteiger partial charge is 0.487 e. The summed E-state index contributed by atoms with van der Waals surface area (Å²) < 4.78 is 7.02. The summed E-state index contributed by atoms with van der Waals surface area (Å²) in [5.74, 6) is 1.03. The van der Waals surface area contributed by atoms with E-state index in [0.29, 0.717) is 0 Å². The molecule has 3 rings (SSSR count). The third-order valence-electron chi connectivity index (χ3n) is 3.73. The summed E-state index contributed by atoms with van der Waals surface area (Å²) >= 11 is 3.60. The molecular weight excluding hydrogens is 326 g/mol. The fraction of sp³-hybridized carbons (Fsp3) is 0.333. The van der Waals surface area contributed by atoms with Crippen LogP contribution in [0.3, 0.4) is 0 Å². The summed E-state index contributed by atoms with van der Waals surface area (Å²) in [5.41, 5.74) is 4.89. The first-order valence-electron chi connectivity index (χ1n) is 7.24. The van der Waals surface area contributed by atoms with Crippen LogP contribution >= 0.6 is 15.9 Å². The van der Waals surface area contributed by atoms with Crippen molar-refractivity contribution in [2.24, 2.45) is 0 Å². The predicted molar refractivity (Wildman–Crippen MR) is 91.1 cm³/mol. The van der Waals surface area contributed by atoms with Gasteiger partial charge in [-0.25, -0.2) is 0 Å². The monoisotopic (exact) mass is 345 g/mol. The van der Waals surface area contributed by atoms with Gasteiger partial charge >= 0.3 is 0 Å². The van der Waals surface area contributed by atoms with Gasteiger partial charge in [-0.1, -0.05) is 18.2 Å². The van der Waals surface area contributed by atoms with Gasteiger partial charge in [0.25, 0.3) is 0 Å². The predicted octanol–water partition coefficient (Wildman–Crippen LogP) is 5.08. The first-order chi connectivity index (χ1) is 9.93. The lowest BCUT2D eigenvalue weighted by Gasteiger charge is -2.16. The van der Waals surface area contributed by atoms with Gasteiger partial charge in [0.1, 0.15) is 11.4 Å². The van der Waals surface area contributed by atoms with Gasteiger partial charge in [-0.05, 0) is 71.6 Å². The first-order valence-corrected chi connectivity index (χ1v) is 8.03. The molecular formula is C18H20BrNO. The van der Waals surface area contributed by atoms with Crippen molar-refractivity contribution >= 4 is 21.6 Å². The maximum atomic E-state index is 5.92. The number of anilines is 1. The molecule has 0 radical (unpaired) electrons. The summed E-state index contributed by atoms with van der Waals surface area (Å²) in [6, 6.07) is 12.8. The second kappa shape index (κ2) is 5.38. The molecule has 1 heterocycles. The highest BCUT2D eigenvalue weighted by molar-refractivity contribution is 9.10. The number of aryl methyl sites for hydroxylation is 1. The molecule has 3 heteroatoms. The number of ether oxygens (including phenoxy) is 1. The molecule has 2 aromatic rings. The van der Waals surface area contributed by atoms with Crippen molar-refractivity contribution in [2.75, 3.05) is 5.32 Å².